The SMILES string of the molecule is Clc1cc(Br)ccc1Cn1nnc(-c2ccccc2)n1. The van der Waals surface area contributed by atoms with Crippen LogP contribution in [-0.2, 0) is 6.54 Å². The Morgan fingerprint density at radius 2 is 1.90 bits per heavy atom. The molecule has 0 saturated heterocycles. The van der Waals surface area contributed by atoms with E-state index < -0.39 is 0 Å². The molecule has 1 heterocycles. The van der Waals surface area contributed by atoms with Gasteiger partial charge in [0.15, 0.2) is 0 Å². The molecule has 0 atom stereocenters. The molecule has 0 aliphatic heterocycles. The number of halogens is 2. The van der Waals surface area contributed by atoms with Crippen LogP contribution in [0.4, 0.5) is 0 Å². The van der Waals surface area contributed by atoms with Gasteiger partial charge >= 0.3 is 0 Å². The fourth-order valence-electron chi connectivity index (χ4n) is 1.82. The number of benzene rings is 2. The molecule has 2 aromatic carbocycles. The third kappa shape index (κ3) is 2.89. The van der Waals surface area contributed by atoms with Gasteiger partial charge in [0.2, 0.25) is 5.82 Å². The predicted molar refractivity (Wildman–Crippen MR) is 81.5 cm³/mol. The van der Waals surface area contributed by atoms with Crippen molar-refractivity contribution in [2.45, 2.75) is 6.54 Å². The van der Waals surface area contributed by atoms with Gasteiger partial charge < -0.3 is 0 Å². The molecule has 0 unspecified atom stereocenters. The summed E-state index contributed by atoms with van der Waals surface area (Å²) >= 11 is 9.57. The van der Waals surface area contributed by atoms with Crippen LogP contribution in [-0.4, -0.2) is 20.2 Å². The zero-order valence-electron chi connectivity index (χ0n) is 10.4. The van der Waals surface area contributed by atoms with Crippen molar-refractivity contribution in [1.82, 2.24) is 20.2 Å². The van der Waals surface area contributed by atoms with Crippen molar-refractivity contribution in [2.75, 3.05) is 0 Å². The number of rotatable bonds is 3. The van der Waals surface area contributed by atoms with E-state index in [4.69, 9.17) is 11.6 Å². The number of hydrogen-bond donors (Lipinski definition) is 0. The third-order valence-corrected chi connectivity index (χ3v) is 3.66. The Morgan fingerprint density at radius 1 is 1.10 bits per heavy atom. The first-order valence-corrected chi connectivity index (χ1v) is 7.16. The maximum absolute atomic E-state index is 6.18. The molecule has 0 fully saturated rings. The molecule has 0 N–H and O–H groups in total. The normalized spacial score (nSPS) is 10.7. The molecule has 0 spiro atoms. The summed E-state index contributed by atoms with van der Waals surface area (Å²) in [5.41, 5.74) is 1.90. The van der Waals surface area contributed by atoms with Gasteiger partial charge in [0, 0.05) is 15.1 Å². The van der Waals surface area contributed by atoms with Gasteiger partial charge in [-0.15, -0.1) is 10.2 Å². The second-order valence-corrected chi connectivity index (χ2v) is 5.57. The van der Waals surface area contributed by atoms with Gasteiger partial charge in [-0.05, 0) is 22.9 Å². The largest absolute Gasteiger partial charge is 0.204 e. The molecular weight excluding hydrogens is 340 g/mol. The van der Waals surface area contributed by atoms with E-state index in [1.807, 2.05) is 48.5 Å². The molecule has 100 valence electrons. The molecule has 4 nitrogen and oxygen atoms in total. The summed E-state index contributed by atoms with van der Waals surface area (Å²) in [4.78, 5) is 1.54. The molecule has 1 aromatic heterocycles. The van der Waals surface area contributed by atoms with E-state index in [-0.39, 0.29) is 0 Å². The Kier molecular flexibility index (Phi) is 3.80. The first-order chi connectivity index (χ1) is 9.72. The van der Waals surface area contributed by atoms with Crippen LogP contribution in [0, 0.1) is 0 Å². The van der Waals surface area contributed by atoms with E-state index in [0.717, 1.165) is 15.6 Å². The quantitative estimate of drug-likeness (QED) is 0.722. The van der Waals surface area contributed by atoms with Crippen molar-refractivity contribution in [2.24, 2.45) is 0 Å². The van der Waals surface area contributed by atoms with Crippen molar-refractivity contribution in [3.63, 3.8) is 0 Å². The molecule has 0 saturated carbocycles. The Balaban J connectivity index is 1.84. The van der Waals surface area contributed by atoms with E-state index in [9.17, 15) is 0 Å². The summed E-state index contributed by atoms with van der Waals surface area (Å²) in [5, 5.41) is 13.2. The molecule has 3 aromatic rings. The van der Waals surface area contributed by atoms with E-state index in [1.54, 1.807) is 0 Å². The summed E-state index contributed by atoms with van der Waals surface area (Å²) in [6, 6.07) is 15.5. The lowest BCUT2D eigenvalue weighted by Gasteiger charge is -2.03. The average molecular weight is 350 g/mol. The second-order valence-electron chi connectivity index (χ2n) is 4.25. The predicted octanol–water partition coefficient (Wildman–Crippen LogP) is 3.80. The molecule has 0 radical (unpaired) electrons. The van der Waals surface area contributed by atoms with Gasteiger partial charge in [0.25, 0.3) is 0 Å². The van der Waals surface area contributed by atoms with Crippen LogP contribution < -0.4 is 0 Å². The van der Waals surface area contributed by atoms with Crippen LogP contribution in [0.1, 0.15) is 5.56 Å². The molecule has 20 heavy (non-hydrogen) atoms. The molecule has 0 bridgehead atoms. The summed E-state index contributed by atoms with van der Waals surface area (Å²) < 4.78 is 0.947. The summed E-state index contributed by atoms with van der Waals surface area (Å²) in [7, 11) is 0. The minimum Gasteiger partial charge on any atom is -0.159 e. The van der Waals surface area contributed by atoms with Gasteiger partial charge in [-0.2, -0.15) is 4.80 Å². The van der Waals surface area contributed by atoms with Crippen molar-refractivity contribution in [1.29, 1.82) is 0 Å². The molecule has 0 aliphatic rings. The monoisotopic (exact) mass is 348 g/mol. The lowest BCUT2D eigenvalue weighted by molar-refractivity contribution is 0.573. The molecule has 0 aliphatic carbocycles. The maximum atomic E-state index is 6.18. The zero-order chi connectivity index (χ0) is 13.9. The number of tetrazole rings is 1. The van der Waals surface area contributed by atoms with E-state index in [1.165, 1.54) is 4.80 Å². The molecule has 3 rings (SSSR count). The highest BCUT2D eigenvalue weighted by Crippen LogP contribution is 2.22. The lowest BCUT2D eigenvalue weighted by atomic mass is 10.2. The van der Waals surface area contributed by atoms with Gasteiger partial charge in [-0.25, -0.2) is 0 Å². The van der Waals surface area contributed by atoms with Gasteiger partial charge in [-0.1, -0.05) is 63.9 Å². The van der Waals surface area contributed by atoms with Gasteiger partial charge in [0.1, 0.15) is 0 Å². The smallest absolute Gasteiger partial charge is 0.159 e. The van der Waals surface area contributed by atoms with Crippen LogP contribution in [0.5, 0.6) is 0 Å². The van der Waals surface area contributed by atoms with Crippen LogP contribution in [0.25, 0.3) is 11.4 Å². The maximum Gasteiger partial charge on any atom is 0.204 e. The fourth-order valence-corrected chi connectivity index (χ4v) is 2.55. The number of hydrogen-bond acceptors (Lipinski definition) is 3. The third-order valence-electron chi connectivity index (χ3n) is 2.81. The summed E-state index contributed by atoms with van der Waals surface area (Å²) in [6.45, 7) is 0.492. The highest BCUT2D eigenvalue weighted by Gasteiger charge is 2.07. The van der Waals surface area contributed by atoms with Crippen molar-refractivity contribution in [3.8, 4) is 11.4 Å². The minimum absolute atomic E-state index is 0.492. The van der Waals surface area contributed by atoms with Gasteiger partial charge in [-0.3, -0.25) is 0 Å². The summed E-state index contributed by atoms with van der Waals surface area (Å²) in [5.74, 6) is 0.610. The first kappa shape index (κ1) is 13.3. The molecule has 6 heteroatoms. The van der Waals surface area contributed by atoms with Crippen molar-refractivity contribution < 1.29 is 0 Å². The Bertz CT molecular complexity index is 727. The van der Waals surface area contributed by atoms with E-state index in [2.05, 4.69) is 31.3 Å². The Morgan fingerprint density at radius 3 is 2.65 bits per heavy atom. The Hall–Kier alpha value is -1.72. The first-order valence-electron chi connectivity index (χ1n) is 5.99. The Labute approximate surface area is 129 Å². The van der Waals surface area contributed by atoms with Crippen molar-refractivity contribution in [3.05, 3.63) is 63.6 Å². The minimum atomic E-state index is 0.492. The average Bonchev–Trinajstić information content (AvgIpc) is 2.92. The highest BCUT2D eigenvalue weighted by atomic mass is 79.9. The lowest BCUT2D eigenvalue weighted by Crippen LogP contribution is -2.04. The van der Waals surface area contributed by atoms with E-state index >= 15 is 0 Å². The number of aromatic nitrogens is 4. The number of nitrogens with zero attached hydrogens (tertiary/aromatic N) is 4. The zero-order valence-corrected chi connectivity index (χ0v) is 12.7. The topological polar surface area (TPSA) is 43.6 Å². The summed E-state index contributed by atoms with van der Waals surface area (Å²) in [6.07, 6.45) is 0. The molecular formula is C14H10BrClN4. The van der Waals surface area contributed by atoms with Crippen LogP contribution in [0.3, 0.4) is 0 Å². The van der Waals surface area contributed by atoms with Crippen LogP contribution >= 0.6 is 27.5 Å². The second kappa shape index (κ2) is 5.73. The fraction of sp³-hybridized carbons (Fsp3) is 0.0714. The van der Waals surface area contributed by atoms with E-state index in [0.29, 0.717) is 17.4 Å². The van der Waals surface area contributed by atoms with Gasteiger partial charge in [0.05, 0.1) is 6.54 Å². The standard InChI is InChI=1S/C14H10BrClN4/c15-12-7-6-11(13(16)8-12)9-20-18-14(17-19-20)10-4-2-1-3-5-10/h1-8H,9H2. The van der Waals surface area contributed by atoms with Crippen LogP contribution in [0.2, 0.25) is 5.02 Å². The molecule has 0 amide bonds. The highest BCUT2D eigenvalue weighted by molar-refractivity contribution is 9.10. The van der Waals surface area contributed by atoms with Crippen molar-refractivity contribution >= 4 is 27.5 Å². The van der Waals surface area contributed by atoms with Crippen LogP contribution in [0.15, 0.2) is 53.0 Å².